The van der Waals surface area contributed by atoms with Gasteiger partial charge in [0, 0.05) is 12.7 Å². The summed E-state index contributed by atoms with van der Waals surface area (Å²) in [5.74, 6) is -1.67. The maximum absolute atomic E-state index is 13.4. The van der Waals surface area contributed by atoms with Crippen LogP contribution in [-0.4, -0.2) is 62.9 Å². The summed E-state index contributed by atoms with van der Waals surface area (Å²) in [6.45, 7) is 6.76. The molecule has 0 aromatic heterocycles. The highest BCUT2D eigenvalue weighted by Crippen LogP contribution is 2.50. The van der Waals surface area contributed by atoms with Crippen molar-refractivity contribution in [1.82, 2.24) is 4.90 Å². The maximum Gasteiger partial charge on any atom is 0.418 e. The van der Waals surface area contributed by atoms with Crippen LogP contribution < -0.4 is 4.90 Å². The number of imide groups is 1. The molecule has 1 aromatic rings. The van der Waals surface area contributed by atoms with E-state index in [2.05, 4.69) is 0 Å². The number of likely N-dealkylation sites (tertiary alicyclic amines) is 1. The molecular formula is C21H28N2O6. The lowest BCUT2D eigenvalue weighted by molar-refractivity contribution is -0.155. The van der Waals surface area contributed by atoms with Crippen LogP contribution in [0.1, 0.15) is 45.6 Å². The minimum atomic E-state index is -2.20. The number of carbonyl (C=O) groups excluding carboxylic acids is 3. The zero-order chi connectivity index (χ0) is 21.8. The lowest BCUT2D eigenvalue weighted by Crippen LogP contribution is -2.59. The molecule has 3 unspecified atom stereocenters. The van der Waals surface area contributed by atoms with Gasteiger partial charge in [0.05, 0.1) is 0 Å². The fourth-order valence-corrected chi connectivity index (χ4v) is 4.18. The van der Waals surface area contributed by atoms with Gasteiger partial charge >= 0.3 is 6.09 Å². The van der Waals surface area contributed by atoms with E-state index in [1.807, 2.05) is 13.0 Å². The number of aliphatic hydroxyl groups is 2. The Hall–Kier alpha value is -2.45. The van der Waals surface area contributed by atoms with Crippen molar-refractivity contribution >= 4 is 23.6 Å². The zero-order valence-electron chi connectivity index (χ0n) is 17.4. The highest BCUT2D eigenvalue weighted by atomic mass is 16.6. The third kappa shape index (κ3) is 3.30. The van der Waals surface area contributed by atoms with Crippen molar-refractivity contribution in [3.8, 4) is 0 Å². The van der Waals surface area contributed by atoms with Crippen LogP contribution in [0.4, 0.5) is 10.5 Å². The number of hydrogen-bond acceptors (Lipinski definition) is 6. The Morgan fingerprint density at radius 3 is 2.48 bits per heavy atom. The molecule has 2 N–H and O–H groups in total. The summed E-state index contributed by atoms with van der Waals surface area (Å²) in [4.78, 5) is 41.1. The summed E-state index contributed by atoms with van der Waals surface area (Å²) in [5, 5.41) is 22.3. The van der Waals surface area contributed by atoms with E-state index in [9.17, 15) is 24.6 Å². The number of likely N-dealkylation sites (N-methyl/N-ethyl adjacent to an activating group) is 1. The number of rotatable bonds is 2. The van der Waals surface area contributed by atoms with Crippen LogP contribution in [0, 0.1) is 6.92 Å². The summed E-state index contributed by atoms with van der Waals surface area (Å²) < 4.78 is 5.31. The zero-order valence-corrected chi connectivity index (χ0v) is 17.4. The number of carbonyl (C=O) groups is 3. The molecule has 1 aromatic carbocycles. The molecule has 158 valence electrons. The van der Waals surface area contributed by atoms with Gasteiger partial charge in [0.15, 0.2) is 11.6 Å². The first-order valence-corrected chi connectivity index (χ1v) is 9.67. The Morgan fingerprint density at radius 2 is 1.90 bits per heavy atom. The smallest absolute Gasteiger partial charge is 0.418 e. The highest BCUT2D eigenvalue weighted by molar-refractivity contribution is 6.10. The lowest BCUT2D eigenvalue weighted by atomic mass is 9.83. The molecule has 3 rings (SSSR count). The average molecular weight is 404 g/mol. The second kappa shape index (κ2) is 6.81. The van der Waals surface area contributed by atoms with Gasteiger partial charge in [0.1, 0.15) is 11.2 Å². The molecule has 2 fully saturated rings. The van der Waals surface area contributed by atoms with Crippen molar-refractivity contribution in [2.45, 2.75) is 69.8 Å². The van der Waals surface area contributed by atoms with Gasteiger partial charge in [0.25, 0.3) is 11.8 Å². The average Bonchev–Trinajstić information content (AvgIpc) is 3.00. The molecule has 0 spiro atoms. The number of hydrogen-bond donors (Lipinski definition) is 2. The van der Waals surface area contributed by atoms with Gasteiger partial charge in [-0.3, -0.25) is 9.59 Å². The molecule has 8 nitrogen and oxygen atoms in total. The predicted molar refractivity (Wildman–Crippen MR) is 105 cm³/mol. The van der Waals surface area contributed by atoms with E-state index in [1.165, 1.54) is 11.9 Å². The molecule has 1 aliphatic heterocycles. The quantitative estimate of drug-likeness (QED) is 0.778. The normalized spacial score (nSPS) is 29.0. The second-order valence-electron chi connectivity index (χ2n) is 8.93. The number of aryl methyl sites for hydroxylation is 1. The lowest BCUT2D eigenvalue weighted by Gasteiger charge is -2.35. The molecule has 29 heavy (non-hydrogen) atoms. The molecular weight excluding hydrogens is 376 g/mol. The summed E-state index contributed by atoms with van der Waals surface area (Å²) in [5.41, 5.74) is -3.72. The molecule has 1 heterocycles. The molecule has 3 amide bonds. The molecule has 8 heteroatoms. The van der Waals surface area contributed by atoms with Gasteiger partial charge < -0.3 is 19.8 Å². The number of fused-ring (bicyclic) bond motifs is 1. The van der Waals surface area contributed by atoms with Crippen molar-refractivity contribution in [2.24, 2.45) is 0 Å². The van der Waals surface area contributed by atoms with Crippen molar-refractivity contribution in [2.75, 3.05) is 11.9 Å². The topological polar surface area (TPSA) is 107 Å². The molecule has 1 saturated heterocycles. The van der Waals surface area contributed by atoms with Crippen LogP contribution in [-0.2, 0) is 14.3 Å². The molecule has 0 radical (unpaired) electrons. The Bertz CT molecular complexity index is 863. The van der Waals surface area contributed by atoms with Gasteiger partial charge in [-0.05, 0) is 64.7 Å². The third-order valence-electron chi connectivity index (χ3n) is 5.64. The number of benzene rings is 1. The fraction of sp³-hybridized carbons (Fsp3) is 0.571. The molecule has 1 saturated carbocycles. The Morgan fingerprint density at radius 1 is 1.24 bits per heavy atom. The van der Waals surface area contributed by atoms with E-state index in [0.29, 0.717) is 17.0 Å². The first-order chi connectivity index (χ1) is 13.3. The van der Waals surface area contributed by atoms with E-state index in [1.54, 1.807) is 39.0 Å². The van der Waals surface area contributed by atoms with Crippen LogP contribution in [0.25, 0.3) is 0 Å². The van der Waals surface area contributed by atoms with E-state index in [0.717, 1.165) is 5.56 Å². The summed E-state index contributed by atoms with van der Waals surface area (Å²) in [6, 6.07) is 5.56. The van der Waals surface area contributed by atoms with Gasteiger partial charge in [0.2, 0.25) is 0 Å². The Balaban J connectivity index is 2.04. The minimum Gasteiger partial charge on any atom is -0.443 e. The standard InChI is InChI=1S/C21H28N2O6/c1-13-8-6-9-14(12-13)22(5)16(24)15-20(27)10-7-11-21(20,28)17(25)23(15)18(26)29-19(2,3)4/h6,8-9,12,15,27-28H,7,10-11H2,1-5H3. The maximum atomic E-state index is 13.4. The van der Waals surface area contributed by atoms with Crippen LogP contribution in [0.15, 0.2) is 24.3 Å². The highest BCUT2D eigenvalue weighted by Gasteiger charge is 2.74. The SMILES string of the molecule is Cc1cccc(N(C)C(=O)C2N(C(=O)OC(C)(C)C)C(=O)C3(O)CCCC23O)c1. The van der Waals surface area contributed by atoms with E-state index in [4.69, 9.17) is 4.74 Å². The van der Waals surface area contributed by atoms with Gasteiger partial charge in [-0.15, -0.1) is 0 Å². The number of nitrogens with zero attached hydrogens (tertiary/aromatic N) is 2. The number of ether oxygens (including phenoxy) is 1. The summed E-state index contributed by atoms with van der Waals surface area (Å²) in [7, 11) is 1.50. The third-order valence-corrected chi connectivity index (χ3v) is 5.64. The van der Waals surface area contributed by atoms with Crippen LogP contribution in [0.3, 0.4) is 0 Å². The first-order valence-electron chi connectivity index (χ1n) is 9.67. The van der Waals surface area contributed by atoms with Gasteiger partial charge in [-0.1, -0.05) is 12.1 Å². The molecule has 0 bridgehead atoms. The Kier molecular flexibility index (Phi) is 4.99. The monoisotopic (exact) mass is 404 g/mol. The van der Waals surface area contributed by atoms with Gasteiger partial charge in [-0.25, -0.2) is 9.69 Å². The van der Waals surface area contributed by atoms with Crippen LogP contribution in [0.5, 0.6) is 0 Å². The Labute approximate surface area is 170 Å². The largest absolute Gasteiger partial charge is 0.443 e. The van der Waals surface area contributed by atoms with Gasteiger partial charge in [-0.2, -0.15) is 0 Å². The first kappa shape index (κ1) is 21.3. The van der Waals surface area contributed by atoms with E-state index < -0.39 is 40.8 Å². The minimum absolute atomic E-state index is 0.0204. The molecule has 2 aliphatic rings. The number of anilines is 1. The van der Waals surface area contributed by atoms with E-state index in [-0.39, 0.29) is 12.8 Å². The van der Waals surface area contributed by atoms with Crippen LogP contribution >= 0.6 is 0 Å². The van der Waals surface area contributed by atoms with E-state index >= 15 is 0 Å². The molecule has 1 aliphatic carbocycles. The van der Waals surface area contributed by atoms with Crippen molar-refractivity contribution in [3.05, 3.63) is 29.8 Å². The second-order valence-corrected chi connectivity index (χ2v) is 8.93. The van der Waals surface area contributed by atoms with Crippen molar-refractivity contribution in [1.29, 1.82) is 0 Å². The van der Waals surface area contributed by atoms with Crippen LogP contribution in [0.2, 0.25) is 0 Å². The molecule has 3 atom stereocenters. The fourth-order valence-electron chi connectivity index (χ4n) is 4.18. The predicted octanol–water partition coefficient (Wildman–Crippen LogP) is 1.75. The van der Waals surface area contributed by atoms with Crippen molar-refractivity contribution < 1.29 is 29.3 Å². The number of amides is 3. The summed E-state index contributed by atoms with van der Waals surface area (Å²) in [6.07, 6.45) is -0.708. The summed E-state index contributed by atoms with van der Waals surface area (Å²) >= 11 is 0. The van der Waals surface area contributed by atoms with Crippen molar-refractivity contribution in [3.63, 3.8) is 0 Å².